The van der Waals surface area contributed by atoms with E-state index in [1.54, 1.807) is 0 Å². The SMILES string of the molecule is CCCCC/C=C\C/C=C\CCCCCCCC(=O)OC(COC(=O)CCCCCCC)COC(=O)CCCCCCCCCCCCCCCCCCCCC/C=C\CCCCCCCCCC. The number of carbonyl (C=O) groups excluding carboxylic acids is 3. The summed E-state index contributed by atoms with van der Waals surface area (Å²) in [6, 6.07) is 0. The van der Waals surface area contributed by atoms with Crippen LogP contribution in [0.5, 0.6) is 0 Å². The molecule has 0 amide bonds. The van der Waals surface area contributed by atoms with Crippen LogP contribution in [0.2, 0.25) is 0 Å². The first-order chi connectivity index (χ1) is 34.0. The molecule has 0 bridgehead atoms. The number of ether oxygens (including phenoxy) is 3. The number of carbonyl (C=O) groups is 3. The lowest BCUT2D eigenvalue weighted by atomic mass is 10.0. The van der Waals surface area contributed by atoms with E-state index in [2.05, 4.69) is 57.2 Å². The van der Waals surface area contributed by atoms with Crippen LogP contribution in [0.1, 0.15) is 329 Å². The standard InChI is InChI=1S/C63H116O6/c1-4-7-10-13-15-17-19-21-23-24-25-26-27-28-29-30-31-32-33-34-35-36-37-38-40-41-43-45-47-50-53-56-62(65)68-59-60(58-67-61(64)55-52-49-12-9-6-3)69-63(66)57-54-51-48-46-44-42-39-22-20-18-16-14-11-8-5-2/h16,18,22,24-25,39,60H,4-15,17,19-21,23,26-38,40-59H2,1-3H3/b18-16-,25-24-,39-22-. The highest BCUT2D eigenvalue weighted by Gasteiger charge is 2.19. The van der Waals surface area contributed by atoms with Crippen molar-refractivity contribution < 1.29 is 28.6 Å². The Labute approximate surface area is 429 Å². The summed E-state index contributed by atoms with van der Waals surface area (Å²) in [7, 11) is 0. The minimum atomic E-state index is -0.773. The smallest absolute Gasteiger partial charge is 0.306 e. The van der Waals surface area contributed by atoms with Crippen molar-refractivity contribution in [2.24, 2.45) is 0 Å². The Hall–Kier alpha value is -2.37. The van der Waals surface area contributed by atoms with E-state index in [-0.39, 0.29) is 31.1 Å². The molecule has 69 heavy (non-hydrogen) atoms. The zero-order valence-electron chi connectivity index (χ0n) is 46.3. The van der Waals surface area contributed by atoms with Gasteiger partial charge < -0.3 is 14.2 Å². The average Bonchev–Trinajstić information content (AvgIpc) is 3.35. The van der Waals surface area contributed by atoms with Crippen LogP contribution in [0, 0.1) is 0 Å². The summed E-state index contributed by atoms with van der Waals surface area (Å²) in [5, 5.41) is 0. The molecule has 0 spiro atoms. The maximum absolute atomic E-state index is 12.7. The highest BCUT2D eigenvalue weighted by Crippen LogP contribution is 2.17. The molecule has 0 heterocycles. The molecule has 0 aliphatic carbocycles. The Morgan fingerprint density at radius 1 is 0.290 bits per heavy atom. The molecule has 0 aromatic heterocycles. The summed E-state index contributed by atoms with van der Waals surface area (Å²) in [6.07, 6.45) is 70.7. The number of hydrogen-bond acceptors (Lipinski definition) is 6. The second kappa shape index (κ2) is 58.2. The third-order valence-corrected chi connectivity index (χ3v) is 13.6. The molecule has 0 rings (SSSR count). The molecule has 6 heteroatoms. The predicted octanol–water partition coefficient (Wildman–Crippen LogP) is 20.4. The summed E-state index contributed by atoms with van der Waals surface area (Å²) in [4.78, 5) is 37.8. The zero-order valence-corrected chi connectivity index (χ0v) is 46.3. The maximum atomic E-state index is 12.7. The number of esters is 3. The third kappa shape index (κ3) is 56.4. The van der Waals surface area contributed by atoms with Crippen LogP contribution in [0.15, 0.2) is 36.5 Å². The third-order valence-electron chi connectivity index (χ3n) is 13.6. The summed E-state index contributed by atoms with van der Waals surface area (Å²) in [6.45, 7) is 6.55. The van der Waals surface area contributed by atoms with Gasteiger partial charge in [-0.2, -0.15) is 0 Å². The molecule has 0 aliphatic heterocycles. The number of rotatable bonds is 56. The van der Waals surface area contributed by atoms with Crippen LogP contribution in [-0.4, -0.2) is 37.2 Å². The largest absolute Gasteiger partial charge is 0.462 e. The van der Waals surface area contributed by atoms with Gasteiger partial charge in [0, 0.05) is 19.3 Å². The van der Waals surface area contributed by atoms with Crippen LogP contribution in [-0.2, 0) is 28.6 Å². The van der Waals surface area contributed by atoms with Crippen LogP contribution in [0.25, 0.3) is 0 Å². The normalized spacial score (nSPS) is 12.2. The molecular weight excluding hydrogens is 853 g/mol. The van der Waals surface area contributed by atoms with Gasteiger partial charge in [0.15, 0.2) is 6.10 Å². The van der Waals surface area contributed by atoms with Gasteiger partial charge in [-0.05, 0) is 77.0 Å². The second-order valence-electron chi connectivity index (χ2n) is 20.6. The van der Waals surface area contributed by atoms with Gasteiger partial charge >= 0.3 is 17.9 Å². The summed E-state index contributed by atoms with van der Waals surface area (Å²) in [5.74, 6) is -0.889. The molecular formula is C63H116O6. The fourth-order valence-corrected chi connectivity index (χ4v) is 9.00. The van der Waals surface area contributed by atoms with Crippen LogP contribution >= 0.6 is 0 Å². The molecule has 0 aromatic carbocycles. The highest BCUT2D eigenvalue weighted by atomic mass is 16.6. The molecule has 404 valence electrons. The fraction of sp³-hybridized carbons (Fsp3) is 0.857. The summed E-state index contributed by atoms with van der Waals surface area (Å²) in [5.41, 5.74) is 0. The van der Waals surface area contributed by atoms with Gasteiger partial charge in [-0.25, -0.2) is 0 Å². The molecule has 1 atom stereocenters. The summed E-state index contributed by atoms with van der Waals surface area (Å²) >= 11 is 0. The Bertz CT molecular complexity index is 1160. The molecule has 0 aromatic rings. The van der Waals surface area contributed by atoms with Crippen molar-refractivity contribution in [3.8, 4) is 0 Å². The van der Waals surface area contributed by atoms with Crippen molar-refractivity contribution in [2.45, 2.75) is 335 Å². The van der Waals surface area contributed by atoms with E-state index in [1.165, 1.54) is 199 Å². The van der Waals surface area contributed by atoms with E-state index in [4.69, 9.17) is 14.2 Å². The molecule has 0 N–H and O–H groups in total. The lowest BCUT2D eigenvalue weighted by molar-refractivity contribution is -0.167. The molecule has 0 saturated heterocycles. The Kier molecular flexibility index (Phi) is 56.2. The molecule has 0 fully saturated rings. The number of hydrogen-bond donors (Lipinski definition) is 0. The van der Waals surface area contributed by atoms with Gasteiger partial charge in [0.25, 0.3) is 0 Å². The first-order valence-corrected chi connectivity index (χ1v) is 30.5. The van der Waals surface area contributed by atoms with E-state index in [0.717, 1.165) is 89.9 Å². The molecule has 6 nitrogen and oxygen atoms in total. The maximum Gasteiger partial charge on any atom is 0.306 e. The van der Waals surface area contributed by atoms with E-state index < -0.39 is 6.10 Å². The van der Waals surface area contributed by atoms with Crippen molar-refractivity contribution in [3.63, 3.8) is 0 Å². The fourth-order valence-electron chi connectivity index (χ4n) is 9.00. The Balaban J connectivity index is 3.92. The summed E-state index contributed by atoms with van der Waals surface area (Å²) < 4.78 is 16.7. The van der Waals surface area contributed by atoms with E-state index in [1.807, 2.05) is 0 Å². The van der Waals surface area contributed by atoms with Gasteiger partial charge in [-0.15, -0.1) is 0 Å². The second-order valence-corrected chi connectivity index (χ2v) is 20.6. The van der Waals surface area contributed by atoms with Gasteiger partial charge in [0.05, 0.1) is 0 Å². The lowest BCUT2D eigenvalue weighted by Crippen LogP contribution is -2.30. The lowest BCUT2D eigenvalue weighted by Gasteiger charge is -2.18. The van der Waals surface area contributed by atoms with Gasteiger partial charge in [-0.3, -0.25) is 14.4 Å². The first kappa shape index (κ1) is 66.6. The van der Waals surface area contributed by atoms with Crippen molar-refractivity contribution in [2.75, 3.05) is 13.2 Å². The topological polar surface area (TPSA) is 78.9 Å². The van der Waals surface area contributed by atoms with Crippen LogP contribution in [0.3, 0.4) is 0 Å². The van der Waals surface area contributed by atoms with E-state index in [9.17, 15) is 14.4 Å². The molecule has 0 radical (unpaired) electrons. The molecule has 1 unspecified atom stereocenters. The highest BCUT2D eigenvalue weighted by molar-refractivity contribution is 5.71. The molecule has 0 aliphatic rings. The number of unbranched alkanes of at least 4 members (excludes halogenated alkanes) is 39. The minimum Gasteiger partial charge on any atom is -0.462 e. The predicted molar refractivity (Wildman–Crippen MR) is 298 cm³/mol. The first-order valence-electron chi connectivity index (χ1n) is 30.5. The van der Waals surface area contributed by atoms with Gasteiger partial charge in [0.1, 0.15) is 13.2 Å². The Morgan fingerprint density at radius 3 is 0.841 bits per heavy atom. The van der Waals surface area contributed by atoms with E-state index in [0.29, 0.717) is 19.3 Å². The van der Waals surface area contributed by atoms with E-state index >= 15 is 0 Å². The average molecular weight is 970 g/mol. The zero-order chi connectivity index (χ0) is 50.0. The van der Waals surface area contributed by atoms with Crippen molar-refractivity contribution in [1.82, 2.24) is 0 Å². The van der Waals surface area contributed by atoms with Crippen molar-refractivity contribution in [1.29, 1.82) is 0 Å². The van der Waals surface area contributed by atoms with Gasteiger partial charge in [-0.1, -0.05) is 269 Å². The molecule has 0 saturated carbocycles. The van der Waals surface area contributed by atoms with Crippen molar-refractivity contribution >= 4 is 17.9 Å². The van der Waals surface area contributed by atoms with Gasteiger partial charge in [0.2, 0.25) is 0 Å². The monoisotopic (exact) mass is 969 g/mol. The Morgan fingerprint density at radius 2 is 0.522 bits per heavy atom. The quantitative estimate of drug-likeness (QED) is 0.0261. The number of allylic oxidation sites excluding steroid dienone is 6. The van der Waals surface area contributed by atoms with Crippen LogP contribution in [0.4, 0.5) is 0 Å². The van der Waals surface area contributed by atoms with Crippen molar-refractivity contribution in [3.05, 3.63) is 36.5 Å². The van der Waals surface area contributed by atoms with Crippen LogP contribution < -0.4 is 0 Å². The minimum absolute atomic E-state index is 0.0748.